The highest BCUT2D eigenvalue weighted by Gasteiger charge is 2.20. The molecule has 2 aromatic rings. The van der Waals surface area contributed by atoms with E-state index in [0.29, 0.717) is 11.4 Å². The highest BCUT2D eigenvalue weighted by atomic mass is 127. The molecule has 29 heavy (non-hydrogen) atoms. The average Bonchev–Trinajstić information content (AvgIpc) is 2.64. The fourth-order valence-electron chi connectivity index (χ4n) is 3.03. The molecule has 0 saturated carbocycles. The lowest BCUT2D eigenvalue weighted by Gasteiger charge is -2.26. The zero-order chi connectivity index (χ0) is 20.8. The van der Waals surface area contributed by atoms with Crippen LogP contribution in [0.15, 0.2) is 58.4 Å². The number of aliphatic imine (C=N–C) groups is 1. The number of benzene rings is 2. The molecular formula is C22H32IN3O2S. The Hall–Kier alpha value is -1.61. The molecule has 0 unspecified atom stereocenters. The van der Waals surface area contributed by atoms with E-state index >= 15 is 0 Å². The lowest BCUT2D eigenvalue weighted by molar-refractivity contribution is 0.508. The van der Waals surface area contributed by atoms with Crippen LogP contribution in [0.2, 0.25) is 0 Å². The van der Waals surface area contributed by atoms with Gasteiger partial charge >= 0.3 is 0 Å². The Morgan fingerprint density at radius 1 is 1.07 bits per heavy atom. The van der Waals surface area contributed by atoms with Crippen LogP contribution >= 0.6 is 24.0 Å². The molecule has 2 rings (SSSR count). The van der Waals surface area contributed by atoms with Crippen molar-refractivity contribution in [3.63, 3.8) is 0 Å². The third-order valence-electron chi connectivity index (χ3n) is 4.66. The zero-order valence-corrected chi connectivity index (χ0v) is 21.0. The van der Waals surface area contributed by atoms with Crippen molar-refractivity contribution in [2.24, 2.45) is 4.99 Å². The molecule has 160 valence electrons. The summed E-state index contributed by atoms with van der Waals surface area (Å²) in [6, 6.07) is 15.8. The summed E-state index contributed by atoms with van der Waals surface area (Å²) >= 11 is 0. The normalized spacial score (nSPS) is 12.2. The molecule has 0 aromatic heterocycles. The maximum absolute atomic E-state index is 11.8. The van der Waals surface area contributed by atoms with Crippen LogP contribution in [0.1, 0.15) is 37.5 Å². The van der Waals surface area contributed by atoms with Gasteiger partial charge in [0.2, 0.25) is 0 Å². The molecule has 0 amide bonds. The highest BCUT2D eigenvalue weighted by Crippen LogP contribution is 2.21. The van der Waals surface area contributed by atoms with E-state index in [1.165, 1.54) is 11.8 Å². The number of aryl methyl sites for hydroxylation is 1. The predicted octanol–water partition coefficient (Wildman–Crippen LogP) is 4.05. The Balaban J connectivity index is 0.00000420. The molecule has 0 radical (unpaired) electrons. The first kappa shape index (κ1) is 25.4. The van der Waals surface area contributed by atoms with E-state index in [4.69, 9.17) is 0 Å². The van der Waals surface area contributed by atoms with Crippen molar-refractivity contribution < 1.29 is 8.42 Å². The highest BCUT2D eigenvalue weighted by molar-refractivity contribution is 14.0. The molecule has 0 aliphatic rings. The van der Waals surface area contributed by atoms with Gasteiger partial charge in [-0.05, 0) is 36.6 Å². The minimum atomic E-state index is -3.20. The Morgan fingerprint density at radius 2 is 1.72 bits per heavy atom. The van der Waals surface area contributed by atoms with Crippen LogP contribution in [0.5, 0.6) is 0 Å². The van der Waals surface area contributed by atoms with Gasteiger partial charge in [0.25, 0.3) is 0 Å². The van der Waals surface area contributed by atoms with E-state index in [1.807, 2.05) is 32.0 Å². The van der Waals surface area contributed by atoms with Crippen LogP contribution in [0.4, 0.5) is 0 Å². The van der Waals surface area contributed by atoms with Crippen molar-refractivity contribution in [2.45, 2.75) is 44.6 Å². The van der Waals surface area contributed by atoms with Crippen LogP contribution in [0.3, 0.4) is 0 Å². The molecule has 5 nitrogen and oxygen atoms in total. The van der Waals surface area contributed by atoms with E-state index in [1.54, 1.807) is 6.07 Å². The van der Waals surface area contributed by atoms with Crippen LogP contribution < -0.4 is 10.6 Å². The van der Waals surface area contributed by atoms with Crippen molar-refractivity contribution in [1.82, 2.24) is 10.6 Å². The quantitative estimate of drug-likeness (QED) is 0.323. The lowest BCUT2D eigenvalue weighted by Crippen LogP contribution is -2.43. The monoisotopic (exact) mass is 529 g/mol. The fourth-order valence-corrected chi connectivity index (χ4v) is 3.99. The van der Waals surface area contributed by atoms with Gasteiger partial charge in [0.1, 0.15) is 0 Å². The van der Waals surface area contributed by atoms with Gasteiger partial charge in [-0.25, -0.2) is 13.4 Å². The molecule has 0 aliphatic heterocycles. The lowest BCUT2D eigenvalue weighted by atomic mass is 9.85. The van der Waals surface area contributed by atoms with Crippen molar-refractivity contribution in [1.29, 1.82) is 0 Å². The standard InChI is InChI=1S/C22H31N3O2S.HI/c1-6-23-21(25-16-22(3,4)19-10-8-7-9-11-19)24-15-18-12-13-20(17(2)14-18)28(5,26)27;/h7-14H,6,15-16H2,1-5H3,(H2,23,24,25);1H. The SMILES string of the molecule is CCNC(=NCc1ccc(S(C)(=O)=O)c(C)c1)NCC(C)(C)c1ccccc1.I. The second-order valence-corrected chi connectivity index (χ2v) is 9.65. The van der Waals surface area contributed by atoms with Crippen molar-refractivity contribution in [3.05, 3.63) is 65.2 Å². The van der Waals surface area contributed by atoms with Crippen molar-refractivity contribution in [3.8, 4) is 0 Å². The second-order valence-electron chi connectivity index (χ2n) is 7.67. The summed E-state index contributed by atoms with van der Waals surface area (Å²) in [5.41, 5.74) is 2.96. The summed E-state index contributed by atoms with van der Waals surface area (Å²) in [5.74, 6) is 0.747. The molecule has 0 bridgehead atoms. The van der Waals surface area contributed by atoms with E-state index in [-0.39, 0.29) is 29.4 Å². The van der Waals surface area contributed by atoms with Crippen LogP contribution in [-0.2, 0) is 21.8 Å². The topological polar surface area (TPSA) is 70.6 Å². The molecule has 0 heterocycles. The Morgan fingerprint density at radius 3 is 2.28 bits per heavy atom. The van der Waals surface area contributed by atoms with E-state index in [0.717, 1.165) is 30.2 Å². The maximum atomic E-state index is 11.8. The Kier molecular flexibility index (Phi) is 9.61. The first-order valence-corrected chi connectivity index (χ1v) is 11.4. The largest absolute Gasteiger partial charge is 0.357 e. The molecule has 2 N–H and O–H groups in total. The molecule has 0 spiro atoms. The van der Waals surface area contributed by atoms with Gasteiger partial charge in [-0.2, -0.15) is 0 Å². The van der Waals surface area contributed by atoms with Gasteiger partial charge in [-0.1, -0.05) is 56.3 Å². The number of rotatable bonds is 7. The smallest absolute Gasteiger partial charge is 0.191 e. The number of hydrogen-bond donors (Lipinski definition) is 2. The first-order chi connectivity index (χ1) is 13.1. The van der Waals surface area contributed by atoms with Gasteiger partial charge in [0.15, 0.2) is 15.8 Å². The summed E-state index contributed by atoms with van der Waals surface area (Å²) in [4.78, 5) is 5.03. The number of sulfone groups is 1. The van der Waals surface area contributed by atoms with Crippen LogP contribution in [-0.4, -0.2) is 33.7 Å². The summed E-state index contributed by atoms with van der Waals surface area (Å²) < 4.78 is 23.5. The van der Waals surface area contributed by atoms with Crippen molar-refractivity contribution in [2.75, 3.05) is 19.3 Å². The van der Waals surface area contributed by atoms with Crippen molar-refractivity contribution >= 4 is 39.8 Å². The summed E-state index contributed by atoms with van der Waals surface area (Å²) in [7, 11) is -3.20. The first-order valence-electron chi connectivity index (χ1n) is 9.51. The third kappa shape index (κ3) is 7.62. The van der Waals surface area contributed by atoms with E-state index in [2.05, 4.69) is 53.7 Å². The molecular weight excluding hydrogens is 497 g/mol. The number of nitrogens with one attached hydrogen (secondary N) is 2. The number of halogens is 1. The summed E-state index contributed by atoms with van der Waals surface area (Å²) in [5, 5.41) is 6.69. The zero-order valence-electron chi connectivity index (χ0n) is 17.8. The molecule has 2 aromatic carbocycles. The Labute approximate surface area is 192 Å². The molecule has 0 fully saturated rings. The van der Waals surface area contributed by atoms with E-state index in [9.17, 15) is 8.42 Å². The van der Waals surface area contributed by atoms with Crippen LogP contribution in [0, 0.1) is 6.92 Å². The average molecular weight is 529 g/mol. The number of guanidine groups is 1. The van der Waals surface area contributed by atoms with Gasteiger partial charge in [-0.3, -0.25) is 0 Å². The minimum Gasteiger partial charge on any atom is -0.357 e. The molecule has 0 aliphatic carbocycles. The molecule has 0 atom stereocenters. The number of nitrogens with zero attached hydrogens (tertiary/aromatic N) is 1. The summed E-state index contributed by atoms with van der Waals surface area (Å²) in [6.07, 6.45) is 1.23. The van der Waals surface area contributed by atoms with E-state index < -0.39 is 9.84 Å². The third-order valence-corrected chi connectivity index (χ3v) is 5.91. The number of hydrogen-bond acceptors (Lipinski definition) is 3. The summed E-state index contributed by atoms with van der Waals surface area (Å²) in [6.45, 7) is 10.2. The van der Waals surface area contributed by atoms with Gasteiger partial charge in [0, 0.05) is 24.8 Å². The van der Waals surface area contributed by atoms with Gasteiger partial charge in [-0.15, -0.1) is 24.0 Å². The molecule has 7 heteroatoms. The van der Waals surface area contributed by atoms with Gasteiger partial charge < -0.3 is 10.6 Å². The molecule has 0 saturated heterocycles. The second kappa shape index (κ2) is 11.0. The Bertz CT molecular complexity index is 926. The fraction of sp³-hybridized carbons (Fsp3) is 0.409. The van der Waals surface area contributed by atoms with Crippen LogP contribution in [0.25, 0.3) is 0 Å². The minimum absolute atomic E-state index is 0. The predicted molar refractivity (Wildman–Crippen MR) is 132 cm³/mol. The van der Waals surface area contributed by atoms with Gasteiger partial charge in [0.05, 0.1) is 11.4 Å². The maximum Gasteiger partial charge on any atom is 0.191 e.